The Morgan fingerprint density at radius 2 is 0.804 bits per heavy atom. The van der Waals surface area contributed by atoms with E-state index >= 15 is 0 Å². The third kappa shape index (κ3) is 3.94. The lowest BCUT2D eigenvalue weighted by Gasteiger charge is -2.27. The topological polar surface area (TPSA) is 3.24 Å². The van der Waals surface area contributed by atoms with Crippen molar-refractivity contribution in [3.05, 3.63) is 164 Å². The van der Waals surface area contributed by atoms with Crippen LogP contribution >= 0.6 is 11.3 Å². The van der Waals surface area contributed by atoms with Gasteiger partial charge in [0.1, 0.15) is 0 Å². The van der Waals surface area contributed by atoms with E-state index in [0.717, 1.165) is 17.1 Å². The Balaban J connectivity index is 1.21. The molecule has 0 saturated carbocycles. The molecule has 0 radical (unpaired) electrons. The molecule has 0 unspecified atom stereocenters. The molecular formula is C44H27NS. The van der Waals surface area contributed by atoms with Crippen LogP contribution in [0.25, 0.3) is 74.0 Å². The number of rotatable bonds is 3. The van der Waals surface area contributed by atoms with E-state index < -0.39 is 0 Å². The monoisotopic (exact) mass is 601 g/mol. The highest BCUT2D eigenvalue weighted by atomic mass is 32.1. The fourth-order valence-corrected chi connectivity index (χ4v) is 8.45. The summed E-state index contributed by atoms with van der Waals surface area (Å²) in [7, 11) is 0. The van der Waals surface area contributed by atoms with E-state index in [1.165, 1.54) is 74.0 Å². The fraction of sp³-hybridized carbons (Fsp3) is 0. The number of thiophene rings is 1. The van der Waals surface area contributed by atoms with Gasteiger partial charge in [-0.15, -0.1) is 11.3 Å². The molecule has 0 fully saturated rings. The standard InChI is InChI=1S/C44H27NS/c1-3-9-37-28(7-1)15-16-32-23-35(21-22-39(32)37)45(36-19-17-30-14-13-29-8-2-4-10-38(29)41(30)27-36)34-20-18-31-25-42-40-11-5-6-12-43(40)46-44(42)26-33(31)24-34/h1-27H. The van der Waals surface area contributed by atoms with Crippen LogP contribution in [0.15, 0.2) is 164 Å². The number of hydrogen-bond donors (Lipinski definition) is 0. The van der Waals surface area contributed by atoms with E-state index in [-0.39, 0.29) is 0 Å². The Hall–Kier alpha value is -5.70. The van der Waals surface area contributed by atoms with Gasteiger partial charge in [-0.1, -0.05) is 109 Å². The molecule has 1 nitrogen and oxygen atoms in total. The Morgan fingerprint density at radius 3 is 1.59 bits per heavy atom. The van der Waals surface area contributed by atoms with Gasteiger partial charge in [-0.3, -0.25) is 0 Å². The molecular weight excluding hydrogens is 575 g/mol. The van der Waals surface area contributed by atoms with Crippen molar-refractivity contribution in [1.29, 1.82) is 0 Å². The first kappa shape index (κ1) is 25.6. The van der Waals surface area contributed by atoms with Crippen LogP contribution in [0.1, 0.15) is 0 Å². The minimum atomic E-state index is 1.14. The average Bonchev–Trinajstić information content (AvgIpc) is 3.47. The Labute approximate surface area is 270 Å². The summed E-state index contributed by atoms with van der Waals surface area (Å²) in [4.78, 5) is 2.42. The second kappa shape index (κ2) is 9.90. The van der Waals surface area contributed by atoms with Gasteiger partial charge < -0.3 is 4.90 Å². The molecule has 1 heterocycles. The molecule has 0 saturated heterocycles. The van der Waals surface area contributed by atoms with Crippen LogP contribution in [0.5, 0.6) is 0 Å². The molecule has 2 heteroatoms. The second-order valence-corrected chi connectivity index (χ2v) is 13.3. The first-order valence-corrected chi connectivity index (χ1v) is 16.6. The highest BCUT2D eigenvalue weighted by molar-refractivity contribution is 7.25. The van der Waals surface area contributed by atoms with Crippen LogP contribution < -0.4 is 4.90 Å². The zero-order chi connectivity index (χ0) is 30.2. The van der Waals surface area contributed by atoms with E-state index in [1.54, 1.807) is 0 Å². The lowest BCUT2D eigenvalue weighted by Crippen LogP contribution is -2.10. The van der Waals surface area contributed by atoms with Gasteiger partial charge in [-0.25, -0.2) is 0 Å². The minimum absolute atomic E-state index is 1.14. The van der Waals surface area contributed by atoms with Gasteiger partial charge in [0.05, 0.1) is 0 Å². The fourth-order valence-electron chi connectivity index (χ4n) is 7.31. The molecule has 9 aromatic carbocycles. The number of anilines is 3. The van der Waals surface area contributed by atoms with E-state index in [9.17, 15) is 0 Å². The van der Waals surface area contributed by atoms with Gasteiger partial charge >= 0.3 is 0 Å². The molecule has 10 aromatic rings. The number of nitrogens with zero attached hydrogens (tertiary/aromatic N) is 1. The highest BCUT2D eigenvalue weighted by Crippen LogP contribution is 2.42. The Kier molecular flexibility index (Phi) is 5.51. The molecule has 46 heavy (non-hydrogen) atoms. The van der Waals surface area contributed by atoms with Gasteiger partial charge in [-0.05, 0) is 108 Å². The molecule has 10 rings (SSSR count). The molecule has 0 aliphatic heterocycles. The van der Waals surface area contributed by atoms with Gasteiger partial charge in [0.15, 0.2) is 0 Å². The van der Waals surface area contributed by atoms with Crippen LogP contribution in [-0.2, 0) is 0 Å². The van der Waals surface area contributed by atoms with Gasteiger partial charge in [-0.2, -0.15) is 0 Å². The van der Waals surface area contributed by atoms with Gasteiger partial charge in [0, 0.05) is 37.2 Å². The number of fused-ring (bicyclic) bond motifs is 10. The van der Waals surface area contributed by atoms with Crippen LogP contribution in [0.4, 0.5) is 17.1 Å². The van der Waals surface area contributed by atoms with Crippen molar-refractivity contribution < 1.29 is 0 Å². The van der Waals surface area contributed by atoms with Gasteiger partial charge in [0.2, 0.25) is 0 Å². The smallest absolute Gasteiger partial charge is 0.0468 e. The lowest BCUT2D eigenvalue weighted by molar-refractivity contribution is 1.30. The first-order chi connectivity index (χ1) is 22.8. The molecule has 0 spiro atoms. The largest absolute Gasteiger partial charge is 0.310 e. The summed E-state index contributed by atoms with van der Waals surface area (Å²) >= 11 is 1.87. The lowest BCUT2D eigenvalue weighted by atomic mass is 9.99. The molecule has 0 amide bonds. The summed E-state index contributed by atoms with van der Waals surface area (Å²) < 4.78 is 2.66. The van der Waals surface area contributed by atoms with Crippen molar-refractivity contribution in [2.45, 2.75) is 0 Å². The van der Waals surface area contributed by atoms with Crippen molar-refractivity contribution in [2.24, 2.45) is 0 Å². The third-order valence-electron chi connectivity index (χ3n) is 9.55. The molecule has 0 N–H and O–H groups in total. The van der Waals surface area contributed by atoms with Crippen molar-refractivity contribution in [1.82, 2.24) is 0 Å². The number of benzene rings is 9. The molecule has 214 valence electrons. The summed E-state index contributed by atoms with van der Waals surface area (Å²) in [5.74, 6) is 0. The summed E-state index contributed by atoms with van der Waals surface area (Å²) in [5.41, 5.74) is 3.43. The Morgan fingerprint density at radius 1 is 0.283 bits per heavy atom. The maximum atomic E-state index is 2.42. The number of hydrogen-bond acceptors (Lipinski definition) is 2. The molecule has 1 aromatic heterocycles. The maximum Gasteiger partial charge on any atom is 0.0468 e. The second-order valence-electron chi connectivity index (χ2n) is 12.2. The van der Waals surface area contributed by atoms with Crippen LogP contribution in [0.2, 0.25) is 0 Å². The van der Waals surface area contributed by atoms with Crippen molar-refractivity contribution in [3.8, 4) is 0 Å². The summed E-state index contributed by atoms with van der Waals surface area (Å²) in [6.45, 7) is 0. The van der Waals surface area contributed by atoms with Gasteiger partial charge in [0.25, 0.3) is 0 Å². The van der Waals surface area contributed by atoms with E-state index in [1.807, 2.05) is 11.3 Å². The summed E-state index contributed by atoms with van der Waals surface area (Å²) in [5, 5.41) is 15.3. The summed E-state index contributed by atoms with van der Waals surface area (Å²) in [6.07, 6.45) is 0. The average molecular weight is 602 g/mol. The van der Waals surface area contributed by atoms with E-state index in [4.69, 9.17) is 0 Å². The molecule has 0 aliphatic carbocycles. The molecule has 0 bridgehead atoms. The quantitative estimate of drug-likeness (QED) is 0.182. The van der Waals surface area contributed by atoms with Crippen molar-refractivity contribution >= 4 is 102 Å². The zero-order valence-corrected chi connectivity index (χ0v) is 25.8. The maximum absolute atomic E-state index is 2.42. The van der Waals surface area contributed by atoms with Crippen LogP contribution in [0, 0.1) is 0 Å². The van der Waals surface area contributed by atoms with Crippen molar-refractivity contribution in [3.63, 3.8) is 0 Å². The van der Waals surface area contributed by atoms with Crippen molar-refractivity contribution in [2.75, 3.05) is 4.90 Å². The predicted octanol–water partition coefficient (Wildman–Crippen LogP) is 13.3. The van der Waals surface area contributed by atoms with E-state index in [2.05, 4.69) is 169 Å². The summed E-state index contributed by atoms with van der Waals surface area (Å²) in [6, 6.07) is 60.5. The normalized spacial score (nSPS) is 11.9. The third-order valence-corrected chi connectivity index (χ3v) is 10.7. The van der Waals surface area contributed by atoms with Crippen LogP contribution in [0.3, 0.4) is 0 Å². The van der Waals surface area contributed by atoms with E-state index in [0.29, 0.717) is 0 Å². The highest BCUT2D eigenvalue weighted by Gasteiger charge is 2.16. The first-order valence-electron chi connectivity index (χ1n) is 15.8. The zero-order valence-electron chi connectivity index (χ0n) is 24.9. The Bertz CT molecular complexity index is 2820. The molecule has 0 aliphatic rings. The SMILES string of the molecule is c1ccc2c(c1)ccc1cc(N(c3ccc4cc5c(cc4c3)sc3ccccc35)c3ccc4ccc5ccccc5c4c3)ccc12. The van der Waals surface area contributed by atoms with Crippen LogP contribution in [-0.4, -0.2) is 0 Å². The minimum Gasteiger partial charge on any atom is -0.310 e. The molecule has 0 atom stereocenters. The predicted molar refractivity (Wildman–Crippen MR) is 202 cm³/mol.